The Bertz CT molecular complexity index is 558. The number of imidazole rings is 1. The van der Waals surface area contributed by atoms with Crippen molar-refractivity contribution in [3.8, 4) is 0 Å². The standard InChI is InChI=1S/C14H16N2OS/c17-9-13-4-1-5-14-15-12(8-16(13)14)7-11-3-2-6-18-10-11/h1,4-5,8-9,11H,2-3,6-7,10H2. The van der Waals surface area contributed by atoms with Crippen molar-refractivity contribution in [2.45, 2.75) is 19.3 Å². The van der Waals surface area contributed by atoms with Crippen LogP contribution in [0, 0.1) is 5.92 Å². The van der Waals surface area contributed by atoms with Crippen LogP contribution in [0.4, 0.5) is 0 Å². The second kappa shape index (κ2) is 5.14. The molecule has 94 valence electrons. The SMILES string of the molecule is O=Cc1cccc2nc(CC3CCCSC3)cn12. The topological polar surface area (TPSA) is 34.4 Å². The van der Waals surface area contributed by atoms with E-state index < -0.39 is 0 Å². The van der Waals surface area contributed by atoms with E-state index in [2.05, 4.69) is 4.98 Å². The number of aromatic nitrogens is 2. The van der Waals surface area contributed by atoms with E-state index in [0.29, 0.717) is 5.69 Å². The summed E-state index contributed by atoms with van der Waals surface area (Å²) < 4.78 is 1.89. The third kappa shape index (κ3) is 2.29. The summed E-state index contributed by atoms with van der Waals surface area (Å²) in [4.78, 5) is 15.6. The van der Waals surface area contributed by atoms with Gasteiger partial charge in [-0.15, -0.1) is 0 Å². The number of pyridine rings is 1. The molecule has 0 aliphatic carbocycles. The Morgan fingerprint density at radius 1 is 1.50 bits per heavy atom. The summed E-state index contributed by atoms with van der Waals surface area (Å²) in [6.45, 7) is 0. The average Bonchev–Trinajstić information content (AvgIpc) is 2.82. The van der Waals surface area contributed by atoms with Crippen molar-refractivity contribution in [3.63, 3.8) is 0 Å². The van der Waals surface area contributed by atoms with Crippen LogP contribution in [-0.2, 0) is 6.42 Å². The molecule has 0 amide bonds. The average molecular weight is 260 g/mol. The van der Waals surface area contributed by atoms with Crippen molar-refractivity contribution in [2.24, 2.45) is 5.92 Å². The van der Waals surface area contributed by atoms with Crippen LogP contribution in [0.15, 0.2) is 24.4 Å². The number of fused-ring (bicyclic) bond motifs is 1. The van der Waals surface area contributed by atoms with Crippen molar-refractivity contribution in [1.29, 1.82) is 0 Å². The van der Waals surface area contributed by atoms with E-state index in [1.165, 1.54) is 24.3 Å². The molecule has 1 fully saturated rings. The van der Waals surface area contributed by atoms with Gasteiger partial charge in [-0.05, 0) is 48.8 Å². The number of rotatable bonds is 3. The highest BCUT2D eigenvalue weighted by Crippen LogP contribution is 2.25. The zero-order chi connectivity index (χ0) is 12.4. The second-order valence-corrected chi connectivity index (χ2v) is 5.97. The van der Waals surface area contributed by atoms with Gasteiger partial charge in [-0.25, -0.2) is 4.98 Å². The minimum Gasteiger partial charge on any atom is -0.297 e. The zero-order valence-corrected chi connectivity index (χ0v) is 11.0. The minimum absolute atomic E-state index is 0.671. The molecule has 2 aromatic rings. The number of carbonyl (C=O) groups is 1. The lowest BCUT2D eigenvalue weighted by Crippen LogP contribution is -2.13. The third-order valence-corrected chi connectivity index (χ3v) is 4.73. The Labute approximate surface area is 111 Å². The Morgan fingerprint density at radius 3 is 3.22 bits per heavy atom. The highest BCUT2D eigenvalue weighted by Gasteiger charge is 2.16. The van der Waals surface area contributed by atoms with Crippen LogP contribution in [0.5, 0.6) is 0 Å². The summed E-state index contributed by atoms with van der Waals surface area (Å²) >= 11 is 2.05. The van der Waals surface area contributed by atoms with Gasteiger partial charge in [0.05, 0.1) is 11.4 Å². The van der Waals surface area contributed by atoms with Crippen LogP contribution >= 0.6 is 11.8 Å². The number of hydrogen-bond donors (Lipinski definition) is 0. The molecule has 4 heteroatoms. The monoisotopic (exact) mass is 260 g/mol. The fraction of sp³-hybridized carbons (Fsp3) is 0.429. The Balaban J connectivity index is 1.86. The van der Waals surface area contributed by atoms with Crippen LogP contribution < -0.4 is 0 Å². The summed E-state index contributed by atoms with van der Waals surface area (Å²) in [6.07, 6.45) is 6.56. The second-order valence-electron chi connectivity index (χ2n) is 4.82. The predicted octanol–water partition coefficient (Wildman–Crippen LogP) is 2.83. The summed E-state index contributed by atoms with van der Waals surface area (Å²) in [5.41, 5.74) is 2.65. The molecule has 1 saturated heterocycles. The molecular formula is C14H16N2OS. The van der Waals surface area contributed by atoms with Crippen molar-refractivity contribution in [3.05, 3.63) is 35.8 Å². The third-order valence-electron chi connectivity index (χ3n) is 3.45. The Morgan fingerprint density at radius 2 is 2.44 bits per heavy atom. The lowest BCUT2D eigenvalue weighted by molar-refractivity contribution is 0.111. The van der Waals surface area contributed by atoms with E-state index in [1.807, 2.05) is 40.6 Å². The largest absolute Gasteiger partial charge is 0.297 e. The van der Waals surface area contributed by atoms with Gasteiger partial charge < -0.3 is 0 Å². The summed E-state index contributed by atoms with van der Waals surface area (Å²) in [6, 6.07) is 5.65. The molecule has 0 spiro atoms. The maximum Gasteiger partial charge on any atom is 0.166 e. The van der Waals surface area contributed by atoms with Crippen LogP contribution in [0.1, 0.15) is 29.0 Å². The van der Waals surface area contributed by atoms with E-state index in [-0.39, 0.29) is 0 Å². The van der Waals surface area contributed by atoms with Gasteiger partial charge >= 0.3 is 0 Å². The molecule has 2 aromatic heterocycles. The number of thioether (sulfide) groups is 1. The van der Waals surface area contributed by atoms with E-state index in [9.17, 15) is 4.79 Å². The van der Waals surface area contributed by atoms with Crippen molar-refractivity contribution in [1.82, 2.24) is 9.38 Å². The van der Waals surface area contributed by atoms with Gasteiger partial charge in [-0.1, -0.05) is 6.07 Å². The minimum atomic E-state index is 0.671. The molecule has 0 saturated carbocycles. The first-order valence-electron chi connectivity index (χ1n) is 6.37. The molecule has 0 bridgehead atoms. The molecule has 3 heterocycles. The molecule has 1 atom stereocenters. The van der Waals surface area contributed by atoms with Gasteiger partial charge in [0.15, 0.2) is 6.29 Å². The van der Waals surface area contributed by atoms with Gasteiger partial charge in [0, 0.05) is 6.20 Å². The van der Waals surface area contributed by atoms with Gasteiger partial charge in [0.25, 0.3) is 0 Å². The van der Waals surface area contributed by atoms with Crippen molar-refractivity contribution in [2.75, 3.05) is 11.5 Å². The van der Waals surface area contributed by atoms with Gasteiger partial charge in [-0.2, -0.15) is 11.8 Å². The first kappa shape index (κ1) is 11.8. The highest BCUT2D eigenvalue weighted by molar-refractivity contribution is 7.99. The number of hydrogen-bond acceptors (Lipinski definition) is 3. The quantitative estimate of drug-likeness (QED) is 0.796. The van der Waals surface area contributed by atoms with Crippen molar-refractivity contribution >= 4 is 23.7 Å². The maximum absolute atomic E-state index is 11.0. The number of aldehydes is 1. The molecule has 1 aliphatic heterocycles. The zero-order valence-electron chi connectivity index (χ0n) is 10.2. The van der Waals surface area contributed by atoms with E-state index in [0.717, 1.165) is 30.0 Å². The van der Waals surface area contributed by atoms with Gasteiger partial charge in [0.2, 0.25) is 0 Å². The van der Waals surface area contributed by atoms with E-state index in [1.54, 1.807) is 0 Å². The summed E-state index contributed by atoms with van der Waals surface area (Å²) in [7, 11) is 0. The molecule has 0 N–H and O–H groups in total. The molecule has 3 rings (SSSR count). The molecule has 18 heavy (non-hydrogen) atoms. The lowest BCUT2D eigenvalue weighted by atomic mass is 10.00. The molecule has 3 nitrogen and oxygen atoms in total. The fourth-order valence-electron chi connectivity index (χ4n) is 2.54. The van der Waals surface area contributed by atoms with E-state index in [4.69, 9.17) is 0 Å². The first-order valence-corrected chi connectivity index (χ1v) is 7.52. The first-order chi connectivity index (χ1) is 8.86. The van der Waals surface area contributed by atoms with Crippen LogP contribution in [0.25, 0.3) is 5.65 Å². The molecule has 0 radical (unpaired) electrons. The molecule has 0 aromatic carbocycles. The summed E-state index contributed by atoms with van der Waals surface area (Å²) in [5, 5.41) is 0. The van der Waals surface area contributed by atoms with Gasteiger partial charge in [0.1, 0.15) is 5.65 Å². The van der Waals surface area contributed by atoms with Crippen LogP contribution in [0.3, 0.4) is 0 Å². The smallest absolute Gasteiger partial charge is 0.166 e. The lowest BCUT2D eigenvalue weighted by Gasteiger charge is -2.19. The fourth-order valence-corrected chi connectivity index (χ4v) is 3.70. The van der Waals surface area contributed by atoms with Crippen LogP contribution in [-0.4, -0.2) is 27.2 Å². The normalized spacial score (nSPS) is 20.1. The van der Waals surface area contributed by atoms with Gasteiger partial charge in [-0.3, -0.25) is 9.20 Å². The number of nitrogens with zero attached hydrogens (tertiary/aromatic N) is 2. The molecule has 1 aliphatic rings. The Hall–Kier alpha value is -1.29. The van der Waals surface area contributed by atoms with E-state index >= 15 is 0 Å². The Kier molecular flexibility index (Phi) is 3.37. The van der Waals surface area contributed by atoms with Crippen molar-refractivity contribution < 1.29 is 4.79 Å². The number of carbonyl (C=O) groups excluding carboxylic acids is 1. The molecular weight excluding hydrogens is 244 g/mol. The van der Waals surface area contributed by atoms with Crippen LogP contribution in [0.2, 0.25) is 0 Å². The highest BCUT2D eigenvalue weighted by atomic mass is 32.2. The summed E-state index contributed by atoms with van der Waals surface area (Å²) in [5.74, 6) is 3.29. The predicted molar refractivity (Wildman–Crippen MR) is 74.3 cm³/mol. The maximum atomic E-state index is 11.0. The molecule has 1 unspecified atom stereocenters.